The Labute approximate surface area is 86.6 Å². The minimum absolute atomic E-state index is 0.599. The summed E-state index contributed by atoms with van der Waals surface area (Å²) in [6.45, 7) is 0. The Morgan fingerprint density at radius 3 is 2.79 bits per heavy atom. The molecule has 0 saturated carbocycles. The Morgan fingerprint density at radius 1 is 1.21 bits per heavy atom. The van der Waals surface area contributed by atoms with Crippen molar-refractivity contribution in [3.8, 4) is 11.3 Å². The molecular formula is C10H8ClN3. The molecule has 0 radical (unpaired) electrons. The topological polar surface area (TPSA) is 51.8 Å². The summed E-state index contributed by atoms with van der Waals surface area (Å²) in [7, 11) is 0. The number of anilines is 1. The number of nitrogen functional groups attached to an aromatic ring is 1. The zero-order valence-corrected chi connectivity index (χ0v) is 8.07. The SMILES string of the molecule is Nc1cccnc1-c1cnccc1Cl. The van der Waals surface area contributed by atoms with Crippen LogP contribution in [-0.4, -0.2) is 9.97 Å². The number of aromatic nitrogens is 2. The molecule has 70 valence electrons. The lowest BCUT2D eigenvalue weighted by atomic mass is 10.1. The van der Waals surface area contributed by atoms with Crippen LogP contribution in [-0.2, 0) is 0 Å². The summed E-state index contributed by atoms with van der Waals surface area (Å²) >= 11 is 6.00. The maximum absolute atomic E-state index is 6.00. The Hall–Kier alpha value is -1.61. The van der Waals surface area contributed by atoms with Gasteiger partial charge in [-0.25, -0.2) is 0 Å². The normalized spacial score (nSPS) is 10.1. The predicted octanol–water partition coefficient (Wildman–Crippen LogP) is 2.38. The maximum atomic E-state index is 6.00. The molecule has 2 N–H and O–H groups in total. The molecule has 2 aromatic heterocycles. The highest BCUT2D eigenvalue weighted by molar-refractivity contribution is 6.33. The maximum Gasteiger partial charge on any atom is 0.0961 e. The predicted molar refractivity (Wildman–Crippen MR) is 56.9 cm³/mol. The van der Waals surface area contributed by atoms with E-state index < -0.39 is 0 Å². The van der Waals surface area contributed by atoms with Crippen molar-refractivity contribution >= 4 is 17.3 Å². The van der Waals surface area contributed by atoms with Crippen molar-refractivity contribution in [1.29, 1.82) is 0 Å². The molecule has 0 saturated heterocycles. The number of halogens is 1. The third-order valence-electron chi connectivity index (χ3n) is 1.86. The van der Waals surface area contributed by atoms with Crippen LogP contribution >= 0.6 is 11.6 Å². The molecule has 0 aliphatic carbocycles. The van der Waals surface area contributed by atoms with E-state index in [0.717, 1.165) is 5.56 Å². The Balaban J connectivity index is 2.61. The van der Waals surface area contributed by atoms with Crippen LogP contribution in [0.1, 0.15) is 0 Å². The summed E-state index contributed by atoms with van der Waals surface area (Å²) in [5.74, 6) is 0. The molecule has 0 aromatic carbocycles. The van der Waals surface area contributed by atoms with Gasteiger partial charge in [-0.15, -0.1) is 0 Å². The minimum Gasteiger partial charge on any atom is -0.397 e. The second-order valence-electron chi connectivity index (χ2n) is 2.80. The fourth-order valence-electron chi connectivity index (χ4n) is 1.19. The van der Waals surface area contributed by atoms with Crippen LogP contribution in [0.25, 0.3) is 11.3 Å². The Bertz CT molecular complexity index is 413. The Kier molecular flexibility index (Phi) is 2.33. The van der Waals surface area contributed by atoms with Gasteiger partial charge in [0, 0.05) is 24.2 Å². The van der Waals surface area contributed by atoms with Gasteiger partial charge in [-0.05, 0) is 18.2 Å². The van der Waals surface area contributed by atoms with Gasteiger partial charge in [0.2, 0.25) is 0 Å². The second kappa shape index (κ2) is 3.64. The van der Waals surface area contributed by atoms with Gasteiger partial charge in [-0.1, -0.05) is 11.6 Å². The van der Waals surface area contributed by atoms with Crippen molar-refractivity contribution < 1.29 is 0 Å². The van der Waals surface area contributed by atoms with Crippen molar-refractivity contribution in [2.75, 3.05) is 5.73 Å². The van der Waals surface area contributed by atoms with Crippen molar-refractivity contribution in [2.45, 2.75) is 0 Å². The van der Waals surface area contributed by atoms with Crippen molar-refractivity contribution in [2.24, 2.45) is 0 Å². The molecule has 0 aliphatic rings. The summed E-state index contributed by atoms with van der Waals surface area (Å²) in [5, 5.41) is 0.602. The number of pyridine rings is 2. The van der Waals surface area contributed by atoms with E-state index in [1.807, 2.05) is 0 Å². The van der Waals surface area contributed by atoms with E-state index >= 15 is 0 Å². The summed E-state index contributed by atoms with van der Waals surface area (Å²) in [6.07, 6.45) is 4.96. The van der Waals surface area contributed by atoms with Gasteiger partial charge in [-0.3, -0.25) is 9.97 Å². The van der Waals surface area contributed by atoms with E-state index in [1.54, 1.807) is 36.8 Å². The first-order chi connectivity index (χ1) is 6.79. The highest BCUT2D eigenvalue weighted by Crippen LogP contribution is 2.28. The molecule has 0 atom stereocenters. The molecule has 0 aliphatic heterocycles. The zero-order valence-electron chi connectivity index (χ0n) is 7.31. The largest absolute Gasteiger partial charge is 0.397 e. The quantitative estimate of drug-likeness (QED) is 0.778. The Morgan fingerprint density at radius 2 is 2.07 bits per heavy atom. The molecule has 0 bridgehead atoms. The van der Waals surface area contributed by atoms with Crippen LogP contribution in [0.2, 0.25) is 5.02 Å². The van der Waals surface area contributed by atoms with Crippen molar-refractivity contribution in [3.05, 3.63) is 41.8 Å². The number of hydrogen-bond donors (Lipinski definition) is 1. The van der Waals surface area contributed by atoms with E-state index in [1.165, 1.54) is 0 Å². The summed E-state index contributed by atoms with van der Waals surface area (Å²) in [4.78, 5) is 8.14. The molecule has 0 spiro atoms. The first kappa shape index (κ1) is 8.97. The van der Waals surface area contributed by atoms with Crippen molar-refractivity contribution in [1.82, 2.24) is 9.97 Å². The number of hydrogen-bond acceptors (Lipinski definition) is 3. The van der Waals surface area contributed by atoms with E-state index in [4.69, 9.17) is 17.3 Å². The lowest BCUT2D eigenvalue weighted by molar-refractivity contribution is 1.28. The van der Waals surface area contributed by atoms with E-state index in [0.29, 0.717) is 16.4 Å². The molecule has 2 heterocycles. The summed E-state index contributed by atoms with van der Waals surface area (Å²) in [6, 6.07) is 5.28. The van der Waals surface area contributed by atoms with Crippen LogP contribution in [0.15, 0.2) is 36.8 Å². The minimum atomic E-state index is 0.599. The molecule has 0 fully saturated rings. The summed E-state index contributed by atoms with van der Waals surface area (Å²) in [5.41, 5.74) is 7.80. The zero-order chi connectivity index (χ0) is 9.97. The van der Waals surface area contributed by atoms with E-state index in [2.05, 4.69) is 9.97 Å². The van der Waals surface area contributed by atoms with Crippen LogP contribution in [0.4, 0.5) is 5.69 Å². The molecule has 4 heteroatoms. The second-order valence-corrected chi connectivity index (χ2v) is 3.20. The van der Waals surface area contributed by atoms with Crippen LogP contribution in [0, 0.1) is 0 Å². The van der Waals surface area contributed by atoms with Gasteiger partial charge >= 0.3 is 0 Å². The average molecular weight is 206 g/mol. The number of rotatable bonds is 1. The highest BCUT2D eigenvalue weighted by atomic mass is 35.5. The fourth-order valence-corrected chi connectivity index (χ4v) is 1.39. The molecule has 0 unspecified atom stereocenters. The monoisotopic (exact) mass is 205 g/mol. The third kappa shape index (κ3) is 1.54. The number of nitrogens with two attached hydrogens (primary N) is 1. The van der Waals surface area contributed by atoms with Gasteiger partial charge in [0.15, 0.2) is 0 Å². The molecule has 3 nitrogen and oxygen atoms in total. The van der Waals surface area contributed by atoms with Gasteiger partial charge in [0.05, 0.1) is 16.4 Å². The van der Waals surface area contributed by atoms with Crippen LogP contribution < -0.4 is 5.73 Å². The molecule has 14 heavy (non-hydrogen) atoms. The first-order valence-corrected chi connectivity index (χ1v) is 4.47. The van der Waals surface area contributed by atoms with Gasteiger partial charge < -0.3 is 5.73 Å². The molecular weight excluding hydrogens is 198 g/mol. The lowest BCUT2D eigenvalue weighted by Crippen LogP contribution is -1.93. The van der Waals surface area contributed by atoms with Crippen LogP contribution in [0.3, 0.4) is 0 Å². The van der Waals surface area contributed by atoms with Gasteiger partial charge in [0.25, 0.3) is 0 Å². The average Bonchev–Trinajstić information content (AvgIpc) is 2.20. The lowest BCUT2D eigenvalue weighted by Gasteiger charge is -2.04. The molecule has 2 rings (SSSR count). The molecule has 2 aromatic rings. The van der Waals surface area contributed by atoms with Gasteiger partial charge in [0.1, 0.15) is 0 Å². The fraction of sp³-hybridized carbons (Fsp3) is 0. The summed E-state index contributed by atoms with van der Waals surface area (Å²) < 4.78 is 0. The third-order valence-corrected chi connectivity index (χ3v) is 2.19. The number of nitrogens with zero attached hydrogens (tertiary/aromatic N) is 2. The van der Waals surface area contributed by atoms with Crippen molar-refractivity contribution in [3.63, 3.8) is 0 Å². The standard InChI is InChI=1S/C10H8ClN3/c11-8-3-5-13-6-7(8)10-9(12)2-1-4-14-10/h1-6H,12H2. The van der Waals surface area contributed by atoms with E-state index in [9.17, 15) is 0 Å². The first-order valence-electron chi connectivity index (χ1n) is 4.09. The smallest absolute Gasteiger partial charge is 0.0961 e. The highest BCUT2D eigenvalue weighted by Gasteiger charge is 2.06. The van der Waals surface area contributed by atoms with Crippen LogP contribution in [0.5, 0.6) is 0 Å². The van der Waals surface area contributed by atoms with E-state index in [-0.39, 0.29) is 0 Å². The molecule has 0 amide bonds. The van der Waals surface area contributed by atoms with Gasteiger partial charge in [-0.2, -0.15) is 0 Å².